The van der Waals surface area contributed by atoms with Gasteiger partial charge in [-0.3, -0.25) is 27.6 Å². The summed E-state index contributed by atoms with van der Waals surface area (Å²) in [6.07, 6.45) is 14.4. The number of methoxy groups -OCH3 is 2. The maximum atomic E-state index is 15.0. The zero-order valence-electron chi connectivity index (χ0n) is 80.9. The monoisotopic (exact) mass is 2260 g/mol. The number of phenols is 1. The Morgan fingerprint density at radius 2 is 0.783 bits per heavy atom. The average molecular weight is 2260 g/mol. The molecule has 0 spiro atoms. The number of carbonyl (C=O) groups is 2. The topological polar surface area (TPSA) is 398 Å². The summed E-state index contributed by atoms with van der Waals surface area (Å²) in [5.41, 5.74) is 12.8. The van der Waals surface area contributed by atoms with Crippen LogP contribution >= 0.6 is 22.6 Å². The van der Waals surface area contributed by atoms with Crippen molar-refractivity contribution in [1.29, 1.82) is 0 Å². The van der Waals surface area contributed by atoms with Gasteiger partial charge in [-0.05, 0) is 274 Å². The van der Waals surface area contributed by atoms with Crippen molar-refractivity contribution < 1.29 is 220 Å². The normalized spacial score (nSPS) is 14.9. The predicted octanol–water partition coefficient (Wildman–Crippen LogP) is 8.95. The smallest absolute Gasteiger partial charge is 1.00 e. The molecule has 2 heterocycles. The van der Waals surface area contributed by atoms with E-state index in [4.69, 9.17) is 40.5 Å². The Kier molecular flexibility index (Phi) is 54.9. The number of carboxylic acids is 1. The van der Waals surface area contributed by atoms with Gasteiger partial charge in [-0.15, -0.1) is 0 Å². The van der Waals surface area contributed by atoms with Crippen LogP contribution in [0.1, 0.15) is 233 Å². The molecule has 5 N–H and O–H groups in total. The number of esters is 1. The van der Waals surface area contributed by atoms with Crippen LogP contribution in [0.25, 0.3) is 22.3 Å². The molecule has 0 saturated heterocycles. The molecule has 2 aromatic heterocycles. The van der Waals surface area contributed by atoms with E-state index in [0.29, 0.717) is 70.1 Å². The number of hydrogen-bond acceptors (Lipinski definition) is 23. The maximum absolute atomic E-state index is 15.0. The fourth-order valence-electron chi connectivity index (χ4n) is 16.3. The summed E-state index contributed by atoms with van der Waals surface area (Å²) in [7, 11) is -15.5. The third-order valence-corrected chi connectivity index (χ3v) is 27.5. The Morgan fingerprint density at radius 3 is 1.10 bits per heavy atom. The summed E-state index contributed by atoms with van der Waals surface area (Å²) in [6, 6.07) is 52.2. The number of pyridine rings is 2. The van der Waals surface area contributed by atoms with E-state index in [1.165, 1.54) is 79.2 Å². The third kappa shape index (κ3) is 44.5. The van der Waals surface area contributed by atoms with Gasteiger partial charge < -0.3 is 61.4 Å². The molecular formula is C100H129F2I2N4Na3O22S5. The number of aromatic carboxylic acids is 1. The minimum atomic E-state index is -4.17. The van der Waals surface area contributed by atoms with Crippen LogP contribution in [-0.4, -0.2) is 167 Å². The molecule has 5 saturated carbocycles. The van der Waals surface area contributed by atoms with E-state index in [1.54, 1.807) is 84.4 Å². The molecule has 14 rings (SSSR count). The summed E-state index contributed by atoms with van der Waals surface area (Å²) >= 11 is 2.52. The first kappa shape index (κ1) is 127. The van der Waals surface area contributed by atoms with Crippen molar-refractivity contribution >= 4 is 86.0 Å². The number of halogens is 4. The summed E-state index contributed by atoms with van der Waals surface area (Å²) < 4.78 is 193. The molecule has 7 aromatic carbocycles. The van der Waals surface area contributed by atoms with E-state index >= 15 is 0 Å². The fraction of sp³-hybridized carbons (Fsp3) is 0.460. The molecule has 742 valence electrons. The SMILES string of the molecule is C.COc1cc(-c2ccc(C(=O)O)cc2CN(C(C)C)C(C)C)c(F)cn1.COc1cc(-c2ccc(C(=O)Oc3cccc(C(CS(=O)(=O)O)C4CC4)c3)cc2CN(C(C)C)C(C)C)c(F)cn1.Cc1cccc(C(CI)C2CC2)c1.Cc1cccc(C(COS(C)(=O)=O)C2CC2)c1.Cc1cccc(C(CS(=O)(=O)O)C2CC2)c1.O=S(=O)(O)CC(c1cccc(O)c1)C1CC1.O=[S-](=O)[O-].[I-].[Na+].[Na+].[Na+]. The Hall–Kier alpha value is -5.03. The van der Waals surface area contributed by atoms with Crippen molar-refractivity contribution in [2.75, 3.05) is 48.8 Å². The molecule has 26 nitrogen and oxygen atoms in total. The molecule has 5 fully saturated rings. The number of aromatic nitrogens is 2. The number of aromatic hydroxyl groups is 1. The van der Waals surface area contributed by atoms with E-state index in [-0.39, 0.29) is 221 Å². The number of rotatable bonds is 35. The van der Waals surface area contributed by atoms with Crippen LogP contribution in [0.2, 0.25) is 0 Å². The van der Waals surface area contributed by atoms with Gasteiger partial charge in [0.25, 0.3) is 40.5 Å². The second-order valence-electron chi connectivity index (χ2n) is 35.8. The zero-order chi connectivity index (χ0) is 98.1. The van der Waals surface area contributed by atoms with E-state index in [9.17, 15) is 66.8 Å². The van der Waals surface area contributed by atoms with Crippen LogP contribution in [-0.2, 0) is 77.1 Å². The Bertz CT molecular complexity index is 5860. The molecule has 5 atom stereocenters. The van der Waals surface area contributed by atoms with Crippen LogP contribution in [0.3, 0.4) is 0 Å². The minimum absolute atomic E-state index is 0. The van der Waals surface area contributed by atoms with Gasteiger partial charge in [0, 0.05) is 88.6 Å². The van der Waals surface area contributed by atoms with E-state index in [0.717, 1.165) is 96.8 Å². The Labute approximate surface area is 914 Å². The molecule has 38 heteroatoms. The third-order valence-electron chi connectivity index (χ3n) is 23.7. The summed E-state index contributed by atoms with van der Waals surface area (Å²) in [6.45, 7) is 24.1. The maximum Gasteiger partial charge on any atom is 1.00 e. The number of benzene rings is 7. The van der Waals surface area contributed by atoms with Crippen molar-refractivity contribution in [2.24, 2.45) is 29.6 Å². The summed E-state index contributed by atoms with van der Waals surface area (Å²) in [5, 5.41) is 18.7. The van der Waals surface area contributed by atoms with Gasteiger partial charge in [0.1, 0.15) is 23.1 Å². The number of carboxylic acid groups (broad SMARTS) is 1. The van der Waals surface area contributed by atoms with Crippen LogP contribution in [0, 0.1) is 62.0 Å². The standard InChI is InChI=1S/C31H37FN2O6S.C20H25FN2O3.C13H18O3S.C12H15I.C12H16O3S.C11H14O4S.CH4.HI.3Na.O3S/c1-19(2)34(20(3)4)17-24-13-23(11-12-26(24)27-15-30(39-5)33-16-29(27)32)31(35)40-25-8-6-7-22(14-25)28(21-9-10-21)18-41(36,37)38;1-12(2)23(13(3)4)11-15-8-14(20(24)25)6-7-16(15)17-9-19(26-5)22-10-18(17)21;1-10-4-3-5-12(8-10)13(11-6-7-11)9-16-17(2,14)15;1-9-3-2-4-11(7-9)12(8-13)10-5-6-10;1-9-3-2-4-11(7-9)12(10-5-6-10)8-16(13,14)15;12-10-3-1-2-9(6-10)11(8-4-5-8)7-16(13,14)15;;;;;;1-4(2)3/h6-8,11-16,19-21,28H,9-10,17-18H2,1-5H3,(H,36,37,38);6-10,12-13H,11H2,1-5H3,(H,24,25);3-5,8,11,13H,6-7,9H2,1-2H3;2-4,7,10,12H,5-6,8H2,1H3;2-4,7,10,12H,5-6,8H2,1H3,(H,13,14,15);1-3,6,8,11-12H,4-5,7H2,(H,13,14,15);1H4;1H;;;;/q;;;;;;;;3*+1;-2/p-1. The molecule has 9 aromatic rings. The van der Waals surface area contributed by atoms with E-state index in [2.05, 4.69) is 141 Å². The van der Waals surface area contributed by atoms with Gasteiger partial charge in [0.2, 0.25) is 11.8 Å². The zero-order valence-corrected chi connectivity index (χ0v) is 95.3. The molecule has 5 aliphatic carbocycles. The molecular weight excluding hydrogens is 2130 g/mol. The first-order valence-corrected chi connectivity index (χ1v) is 53.4. The van der Waals surface area contributed by atoms with E-state index < -0.39 is 75.0 Å². The minimum Gasteiger partial charge on any atom is -1.00 e. The summed E-state index contributed by atoms with van der Waals surface area (Å²) in [5.74, 6) is 0.465. The molecule has 0 aliphatic heterocycles. The van der Waals surface area contributed by atoms with Gasteiger partial charge in [-0.1, -0.05) is 156 Å². The van der Waals surface area contributed by atoms with Crippen LogP contribution < -0.4 is 127 Å². The Morgan fingerprint density at radius 1 is 0.471 bits per heavy atom. The number of nitrogens with zero attached hydrogens (tertiary/aromatic N) is 4. The van der Waals surface area contributed by atoms with Gasteiger partial charge in [0.15, 0.2) is 0 Å². The number of alkyl halides is 1. The molecule has 5 aliphatic rings. The van der Waals surface area contributed by atoms with Gasteiger partial charge in [0.05, 0.1) is 67.9 Å². The second-order valence-corrected chi connectivity index (χ2v) is 43.2. The average Bonchev–Trinajstić information content (AvgIpc) is 1.61. The van der Waals surface area contributed by atoms with E-state index in [1.807, 2.05) is 50.2 Å². The van der Waals surface area contributed by atoms with Crippen LogP contribution in [0.4, 0.5) is 8.78 Å². The second kappa shape index (κ2) is 59.6. The van der Waals surface area contributed by atoms with Crippen molar-refractivity contribution in [1.82, 2.24) is 19.8 Å². The molecule has 138 heavy (non-hydrogen) atoms. The van der Waals surface area contributed by atoms with Crippen molar-refractivity contribution in [3.63, 3.8) is 0 Å². The first-order chi connectivity index (χ1) is 62.5. The first-order valence-electron chi connectivity index (χ1n) is 44.2. The van der Waals surface area contributed by atoms with Crippen molar-refractivity contribution in [2.45, 2.75) is 215 Å². The summed E-state index contributed by atoms with van der Waals surface area (Å²) in [4.78, 5) is 37.0. The number of hydrogen-bond donors (Lipinski definition) is 5. The number of phenolic OH excluding ortho intramolecular Hbond substituents is 1. The Balaban J connectivity index is 0.000000440. The molecule has 0 amide bonds. The number of carbonyl (C=O) groups excluding carboxylic acids is 1. The quantitative estimate of drug-likeness (QED) is 0.00284. The van der Waals surface area contributed by atoms with Gasteiger partial charge in [-0.2, -0.15) is 44.7 Å². The van der Waals surface area contributed by atoms with Crippen molar-refractivity contribution in [3.05, 3.63) is 261 Å². The molecule has 0 radical (unpaired) electrons. The predicted molar refractivity (Wildman–Crippen MR) is 527 cm³/mol. The van der Waals surface area contributed by atoms with Crippen LogP contribution in [0.5, 0.6) is 23.3 Å². The molecule has 5 unspecified atom stereocenters. The van der Waals surface area contributed by atoms with Crippen molar-refractivity contribution in [3.8, 4) is 45.5 Å². The number of aryl methyl sites for hydroxylation is 3. The van der Waals surface area contributed by atoms with Crippen LogP contribution in [0.15, 0.2) is 182 Å². The fourth-order valence-corrected chi connectivity index (χ4v) is 20.7. The largest absolute Gasteiger partial charge is 1.00 e. The van der Waals surface area contributed by atoms with Gasteiger partial charge >= 0.3 is 101 Å². The number of ether oxygens (including phenoxy) is 3. The van der Waals surface area contributed by atoms with Gasteiger partial charge in [-0.25, -0.2) is 28.3 Å². The molecule has 0 bridgehead atoms.